The summed E-state index contributed by atoms with van der Waals surface area (Å²) in [6.07, 6.45) is 20.6. The van der Waals surface area contributed by atoms with Crippen LogP contribution in [0.1, 0.15) is 113 Å². The molecule has 5 aliphatic carbocycles. The molecule has 0 N–H and O–H groups in total. The van der Waals surface area contributed by atoms with Crippen LogP contribution in [0.15, 0.2) is 23.8 Å². The SMILES string of the molecule is CC1(C)CC[C@]2(C)CC[C@]3(C)C(=CC[C@@H]4[C@@]5(C)CC=CC(C)(C)[C@@H]5CC[C@]43C)[C@@H]2C1. The lowest BCUT2D eigenvalue weighted by Gasteiger charge is -2.70. The second-order valence-corrected chi connectivity index (χ2v) is 14.8. The first-order valence-corrected chi connectivity index (χ1v) is 13.2. The van der Waals surface area contributed by atoms with Gasteiger partial charge in [0.05, 0.1) is 0 Å². The molecule has 5 aliphatic rings. The van der Waals surface area contributed by atoms with Gasteiger partial charge in [-0.05, 0) is 108 Å². The smallest absolute Gasteiger partial charge is 0.00565 e. The molecule has 0 saturated heterocycles. The lowest BCUT2D eigenvalue weighted by Crippen LogP contribution is -2.62. The van der Waals surface area contributed by atoms with Gasteiger partial charge in [-0.25, -0.2) is 0 Å². The highest BCUT2D eigenvalue weighted by Gasteiger charge is 2.66. The van der Waals surface area contributed by atoms with Gasteiger partial charge in [0.2, 0.25) is 0 Å². The number of hydrogen-bond donors (Lipinski definition) is 0. The van der Waals surface area contributed by atoms with Crippen molar-refractivity contribution >= 4 is 0 Å². The Morgan fingerprint density at radius 2 is 1.50 bits per heavy atom. The van der Waals surface area contributed by atoms with Gasteiger partial charge in [0.1, 0.15) is 0 Å². The van der Waals surface area contributed by atoms with Crippen LogP contribution >= 0.6 is 0 Å². The Kier molecular flexibility index (Phi) is 4.32. The van der Waals surface area contributed by atoms with E-state index in [4.69, 9.17) is 0 Å². The van der Waals surface area contributed by atoms with Gasteiger partial charge < -0.3 is 0 Å². The van der Waals surface area contributed by atoms with Gasteiger partial charge in [0, 0.05) is 0 Å². The lowest BCUT2D eigenvalue weighted by molar-refractivity contribution is -0.160. The van der Waals surface area contributed by atoms with Crippen LogP contribution in [0.25, 0.3) is 0 Å². The zero-order chi connectivity index (χ0) is 21.8. The summed E-state index contributed by atoms with van der Waals surface area (Å²) in [5.74, 6) is 2.50. The van der Waals surface area contributed by atoms with Crippen molar-refractivity contribution in [2.24, 2.45) is 50.2 Å². The van der Waals surface area contributed by atoms with Gasteiger partial charge in [0.15, 0.2) is 0 Å². The molecule has 0 amide bonds. The van der Waals surface area contributed by atoms with Crippen molar-refractivity contribution in [1.29, 1.82) is 0 Å². The fourth-order valence-electron chi connectivity index (χ4n) is 10.1. The summed E-state index contributed by atoms with van der Waals surface area (Å²) in [6.45, 7) is 20.9. The summed E-state index contributed by atoms with van der Waals surface area (Å²) in [6, 6.07) is 0. The number of allylic oxidation sites excluding steroid dienone is 4. The Hall–Kier alpha value is -0.520. The van der Waals surface area contributed by atoms with Crippen molar-refractivity contribution in [3.63, 3.8) is 0 Å². The highest BCUT2D eigenvalue weighted by atomic mass is 14.7. The molecule has 0 heterocycles. The topological polar surface area (TPSA) is 0 Å². The van der Waals surface area contributed by atoms with Gasteiger partial charge in [-0.2, -0.15) is 0 Å². The molecule has 7 atom stereocenters. The van der Waals surface area contributed by atoms with E-state index in [0.717, 1.165) is 17.8 Å². The fraction of sp³-hybridized carbons (Fsp3) is 0.867. The minimum atomic E-state index is 0.359. The lowest BCUT2D eigenvalue weighted by atomic mass is 9.34. The van der Waals surface area contributed by atoms with Gasteiger partial charge in [-0.1, -0.05) is 79.2 Å². The van der Waals surface area contributed by atoms with Crippen molar-refractivity contribution in [2.75, 3.05) is 0 Å². The third-order valence-corrected chi connectivity index (χ3v) is 12.3. The zero-order valence-corrected chi connectivity index (χ0v) is 21.3. The quantitative estimate of drug-likeness (QED) is 0.351. The molecule has 3 saturated carbocycles. The van der Waals surface area contributed by atoms with Crippen molar-refractivity contribution in [2.45, 2.75) is 113 Å². The van der Waals surface area contributed by atoms with E-state index in [0.29, 0.717) is 32.5 Å². The Morgan fingerprint density at radius 1 is 0.800 bits per heavy atom. The molecule has 30 heavy (non-hydrogen) atoms. The van der Waals surface area contributed by atoms with Crippen LogP contribution in [0.4, 0.5) is 0 Å². The molecule has 0 aromatic carbocycles. The zero-order valence-electron chi connectivity index (χ0n) is 21.3. The van der Waals surface area contributed by atoms with E-state index in [1.807, 2.05) is 5.57 Å². The van der Waals surface area contributed by atoms with E-state index in [9.17, 15) is 0 Å². The third-order valence-electron chi connectivity index (χ3n) is 12.3. The van der Waals surface area contributed by atoms with E-state index in [2.05, 4.69) is 73.6 Å². The summed E-state index contributed by atoms with van der Waals surface area (Å²) >= 11 is 0. The molecule has 0 aliphatic heterocycles. The summed E-state index contributed by atoms with van der Waals surface area (Å²) in [5.41, 5.74) is 4.68. The van der Waals surface area contributed by atoms with E-state index in [1.54, 1.807) is 0 Å². The van der Waals surface area contributed by atoms with Crippen LogP contribution < -0.4 is 0 Å². The number of fused-ring (bicyclic) bond motifs is 7. The maximum atomic E-state index is 2.83. The normalized spacial score (nSPS) is 53.6. The van der Waals surface area contributed by atoms with Crippen LogP contribution in [0, 0.1) is 50.2 Å². The molecule has 0 spiro atoms. The summed E-state index contributed by atoms with van der Waals surface area (Å²) in [7, 11) is 0. The first-order valence-electron chi connectivity index (χ1n) is 13.2. The number of hydrogen-bond acceptors (Lipinski definition) is 0. The average Bonchev–Trinajstić information content (AvgIpc) is 2.63. The van der Waals surface area contributed by atoms with Crippen LogP contribution in [0.3, 0.4) is 0 Å². The molecule has 168 valence electrons. The monoisotopic (exact) mass is 408 g/mol. The molecule has 0 radical (unpaired) electrons. The summed E-state index contributed by atoms with van der Waals surface area (Å²) in [5, 5.41) is 0. The van der Waals surface area contributed by atoms with Crippen molar-refractivity contribution in [1.82, 2.24) is 0 Å². The largest absolute Gasteiger partial charge is 0.0874 e. The molecule has 0 heteroatoms. The Labute approximate surface area is 187 Å². The van der Waals surface area contributed by atoms with E-state index < -0.39 is 0 Å². The first kappa shape index (κ1) is 21.3. The van der Waals surface area contributed by atoms with Crippen molar-refractivity contribution in [3.05, 3.63) is 23.8 Å². The minimum Gasteiger partial charge on any atom is -0.0874 e. The fourth-order valence-corrected chi connectivity index (χ4v) is 10.1. The standard InChI is InChI=1S/C30H48/c1-25(2)16-17-27(5)18-19-29(7)21(22(27)20-25)10-11-24-28(6)14-9-13-26(3,4)23(28)12-15-30(24,29)8/h9-10,13,22-24H,11-12,14-20H2,1-8H3/t22-,23-,24+,27+,28-,29+,30+/m0/s1. The summed E-state index contributed by atoms with van der Waals surface area (Å²) < 4.78 is 0. The van der Waals surface area contributed by atoms with E-state index >= 15 is 0 Å². The van der Waals surface area contributed by atoms with Gasteiger partial charge in [-0.3, -0.25) is 0 Å². The predicted octanol–water partition coefficient (Wildman–Crippen LogP) is 8.97. The van der Waals surface area contributed by atoms with Crippen LogP contribution in [-0.2, 0) is 0 Å². The molecule has 0 aromatic heterocycles. The average molecular weight is 409 g/mol. The predicted molar refractivity (Wildman–Crippen MR) is 129 cm³/mol. The van der Waals surface area contributed by atoms with Crippen LogP contribution in [0.2, 0.25) is 0 Å². The Balaban J connectivity index is 1.59. The van der Waals surface area contributed by atoms with Crippen molar-refractivity contribution < 1.29 is 0 Å². The Bertz CT molecular complexity index is 795. The molecule has 0 nitrogen and oxygen atoms in total. The summed E-state index contributed by atoms with van der Waals surface area (Å²) in [4.78, 5) is 0. The molecular weight excluding hydrogens is 360 g/mol. The maximum absolute atomic E-state index is 2.83. The van der Waals surface area contributed by atoms with E-state index in [1.165, 1.54) is 57.8 Å². The third kappa shape index (κ3) is 2.58. The minimum absolute atomic E-state index is 0.359. The highest BCUT2D eigenvalue weighted by molar-refractivity contribution is 5.34. The number of rotatable bonds is 0. The van der Waals surface area contributed by atoms with Crippen LogP contribution in [-0.4, -0.2) is 0 Å². The molecule has 0 aromatic rings. The molecule has 3 fully saturated rings. The second kappa shape index (κ2) is 6.08. The van der Waals surface area contributed by atoms with Gasteiger partial charge in [-0.15, -0.1) is 0 Å². The Morgan fingerprint density at radius 3 is 2.23 bits per heavy atom. The second-order valence-electron chi connectivity index (χ2n) is 14.8. The molecular formula is C30H48. The maximum Gasteiger partial charge on any atom is -0.00565 e. The highest BCUT2D eigenvalue weighted by Crippen LogP contribution is 2.75. The van der Waals surface area contributed by atoms with Gasteiger partial charge >= 0.3 is 0 Å². The van der Waals surface area contributed by atoms with Gasteiger partial charge in [0.25, 0.3) is 0 Å². The van der Waals surface area contributed by atoms with Crippen molar-refractivity contribution in [3.8, 4) is 0 Å². The molecule has 0 unspecified atom stereocenters. The van der Waals surface area contributed by atoms with Crippen LogP contribution in [0.5, 0.6) is 0 Å². The molecule has 0 bridgehead atoms. The first-order chi connectivity index (χ1) is 13.8. The molecule has 5 rings (SSSR count). The van der Waals surface area contributed by atoms with E-state index in [-0.39, 0.29) is 0 Å².